The van der Waals surface area contributed by atoms with Gasteiger partial charge >= 0.3 is 0 Å². The number of unbranched alkanes of at least 4 members (excludes halogenated alkanes) is 4. The van der Waals surface area contributed by atoms with Gasteiger partial charge < -0.3 is 0 Å². The fourth-order valence-electron chi connectivity index (χ4n) is 2.88. The minimum Gasteiger partial charge on any atom is -0.0654 e. The lowest BCUT2D eigenvalue weighted by atomic mass is 9.90. The van der Waals surface area contributed by atoms with Gasteiger partial charge in [-0.05, 0) is 11.8 Å². The molecule has 0 aliphatic rings. The third-order valence-corrected chi connectivity index (χ3v) is 4.40. The maximum atomic E-state index is 2.45. The van der Waals surface area contributed by atoms with Crippen molar-refractivity contribution < 1.29 is 0 Å². The fraction of sp³-hybridized carbons (Fsp3) is 1.00. The molecule has 0 fully saturated rings. The molecule has 0 amide bonds. The Morgan fingerprint density at radius 3 is 1.67 bits per heavy atom. The van der Waals surface area contributed by atoms with Crippen molar-refractivity contribution in [2.24, 2.45) is 11.8 Å². The van der Waals surface area contributed by atoms with Gasteiger partial charge in [-0.15, -0.1) is 0 Å². The lowest BCUT2D eigenvalue weighted by Crippen LogP contribution is -2.01. The van der Waals surface area contributed by atoms with Gasteiger partial charge in [0.05, 0.1) is 0 Å². The first-order valence-electron chi connectivity index (χ1n) is 8.74. The predicted octanol–water partition coefficient (Wildman–Crippen LogP) is 6.98. The third-order valence-electron chi connectivity index (χ3n) is 4.40. The number of hydrogen-bond acceptors (Lipinski definition) is 0. The molecule has 0 nitrogen and oxygen atoms in total. The molecule has 2 atom stereocenters. The number of rotatable bonds is 13. The Morgan fingerprint density at radius 1 is 0.611 bits per heavy atom. The van der Waals surface area contributed by atoms with Crippen LogP contribution in [0, 0.1) is 11.8 Å². The Hall–Kier alpha value is 0. The molecule has 0 heteroatoms. The first kappa shape index (κ1) is 18.0. The molecule has 18 heavy (non-hydrogen) atoms. The number of hydrogen-bond donors (Lipinski definition) is 0. The Balaban J connectivity index is 3.47. The summed E-state index contributed by atoms with van der Waals surface area (Å²) in [5.41, 5.74) is 0. The minimum absolute atomic E-state index is 0.963. The molecule has 0 aromatic rings. The summed E-state index contributed by atoms with van der Waals surface area (Å²) in [4.78, 5) is 0. The van der Waals surface area contributed by atoms with E-state index in [4.69, 9.17) is 0 Å². The van der Waals surface area contributed by atoms with Crippen molar-refractivity contribution in [3.63, 3.8) is 0 Å². The predicted molar refractivity (Wildman–Crippen MR) is 85.1 cm³/mol. The monoisotopic (exact) mass is 254 g/mol. The SMILES string of the molecule is CCCCCC(C)CCCC(CC)CCCCC. The molecule has 0 saturated heterocycles. The molecule has 110 valence electrons. The van der Waals surface area contributed by atoms with Crippen LogP contribution in [0.2, 0.25) is 0 Å². The van der Waals surface area contributed by atoms with E-state index in [1.165, 1.54) is 77.0 Å². The van der Waals surface area contributed by atoms with E-state index in [-0.39, 0.29) is 0 Å². The Bertz CT molecular complexity index is 150. The molecule has 2 unspecified atom stereocenters. The van der Waals surface area contributed by atoms with Crippen LogP contribution in [0.4, 0.5) is 0 Å². The van der Waals surface area contributed by atoms with Crippen LogP contribution in [-0.2, 0) is 0 Å². The summed E-state index contributed by atoms with van der Waals surface area (Å²) in [5, 5.41) is 0. The first-order valence-corrected chi connectivity index (χ1v) is 8.74. The van der Waals surface area contributed by atoms with Gasteiger partial charge in [-0.1, -0.05) is 105 Å². The second kappa shape index (κ2) is 13.4. The summed E-state index contributed by atoms with van der Waals surface area (Å²) in [7, 11) is 0. The maximum absolute atomic E-state index is 2.45. The lowest BCUT2D eigenvalue weighted by Gasteiger charge is -2.16. The van der Waals surface area contributed by atoms with Crippen LogP contribution in [0.1, 0.15) is 105 Å². The molecule has 0 aliphatic carbocycles. The highest BCUT2D eigenvalue weighted by Gasteiger charge is 2.07. The molecule has 0 rings (SSSR count). The largest absolute Gasteiger partial charge is 0.0654 e. The summed E-state index contributed by atoms with van der Waals surface area (Å²) in [6.45, 7) is 9.43. The molecule has 0 aromatic carbocycles. The highest BCUT2D eigenvalue weighted by Crippen LogP contribution is 2.23. The quantitative estimate of drug-likeness (QED) is 0.311. The summed E-state index contributed by atoms with van der Waals surface area (Å²) in [6, 6.07) is 0. The molecule has 0 N–H and O–H groups in total. The molecular formula is C18H38. The second-order valence-corrected chi connectivity index (χ2v) is 6.30. The Morgan fingerprint density at radius 2 is 1.11 bits per heavy atom. The van der Waals surface area contributed by atoms with Gasteiger partial charge in [-0.3, -0.25) is 0 Å². The Kier molecular flexibility index (Phi) is 13.4. The van der Waals surface area contributed by atoms with Crippen molar-refractivity contribution in [2.75, 3.05) is 0 Å². The molecule has 0 bridgehead atoms. The first-order chi connectivity index (χ1) is 8.74. The van der Waals surface area contributed by atoms with E-state index >= 15 is 0 Å². The summed E-state index contributed by atoms with van der Waals surface area (Å²) < 4.78 is 0. The van der Waals surface area contributed by atoms with Crippen LogP contribution in [0.15, 0.2) is 0 Å². The molecule has 0 saturated carbocycles. The average Bonchev–Trinajstić information content (AvgIpc) is 2.37. The van der Waals surface area contributed by atoms with E-state index in [0.29, 0.717) is 0 Å². The smallest absolute Gasteiger partial charge is 0.0417 e. The summed E-state index contributed by atoms with van der Waals surface area (Å²) in [6.07, 6.45) is 17.3. The van der Waals surface area contributed by atoms with Gasteiger partial charge in [0.15, 0.2) is 0 Å². The van der Waals surface area contributed by atoms with E-state index in [1.807, 2.05) is 0 Å². The normalized spacial score (nSPS) is 14.7. The summed E-state index contributed by atoms with van der Waals surface area (Å²) in [5.74, 6) is 1.98. The highest BCUT2D eigenvalue weighted by atomic mass is 14.1. The molecule has 0 aromatic heterocycles. The van der Waals surface area contributed by atoms with Crippen molar-refractivity contribution in [1.82, 2.24) is 0 Å². The van der Waals surface area contributed by atoms with E-state index in [1.54, 1.807) is 0 Å². The average molecular weight is 255 g/mol. The van der Waals surface area contributed by atoms with Gasteiger partial charge in [0.25, 0.3) is 0 Å². The zero-order valence-corrected chi connectivity index (χ0v) is 13.6. The zero-order valence-electron chi connectivity index (χ0n) is 13.6. The standard InChI is InChI=1S/C18H38/c1-5-8-10-13-17(4)14-12-16-18(7-3)15-11-9-6-2/h17-18H,5-16H2,1-4H3. The zero-order chi connectivity index (χ0) is 13.6. The molecule has 0 aliphatic heterocycles. The van der Waals surface area contributed by atoms with E-state index in [0.717, 1.165) is 11.8 Å². The van der Waals surface area contributed by atoms with Gasteiger partial charge in [-0.25, -0.2) is 0 Å². The van der Waals surface area contributed by atoms with E-state index < -0.39 is 0 Å². The third kappa shape index (κ3) is 11.1. The van der Waals surface area contributed by atoms with Crippen molar-refractivity contribution in [1.29, 1.82) is 0 Å². The lowest BCUT2D eigenvalue weighted by molar-refractivity contribution is 0.369. The van der Waals surface area contributed by atoms with Crippen LogP contribution in [-0.4, -0.2) is 0 Å². The van der Waals surface area contributed by atoms with Crippen LogP contribution in [0.3, 0.4) is 0 Å². The molecule has 0 heterocycles. The minimum atomic E-state index is 0.963. The fourth-order valence-corrected chi connectivity index (χ4v) is 2.88. The molecule has 0 radical (unpaired) electrons. The van der Waals surface area contributed by atoms with Crippen molar-refractivity contribution in [3.05, 3.63) is 0 Å². The second-order valence-electron chi connectivity index (χ2n) is 6.30. The Labute approximate surface area is 117 Å². The van der Waals surface area contributed by atoms with Gasteiger partial charge in [0, 0.05) is 0 Å². The molecular weight excluding hydrogens is 216 g/mol. The van der Waals surface area contributed by atoms with Crippen LogP contribution in [0.5, 0.6) is 0 Å². The van der Waals surface area contributed by atoms with E-state index in [9.17, 15) is 0 Å². The van der Waals surface area contributed by atoms with E-state index in [2.05, 4.69) is 27.7 Å². The van der Waals surface area contributed by atoms with Crippen LogP contribution >= 0.6 is 0 Å². The van der Waals surface area contributed by atoms with Gasteiger partial charge in [-0.2, -0.15) is 0 Å². The highest BCUT2D eigenvalue weighted by molar-refractivity contribution is 4.61. The van der Waals surface area contributed by atoms with Crippen LogP contribution < -0.4 is 0 Å². The van der Waals surface area contributed by atoms with Gasteiger partial charge in [0.1, 0.15) is 0 Å². The van der Waals surface area contributed by atoms with Crippen LogP contribution in [0.25, 0.3) is 0 Å². The van der Waals surface area contributed by atoms with Crippen molar-refractivity contribution >= 4 is 0 Å². The van der Waals surface area contributed by atoms with Gasteiger partial charge in [0.2, 0.25) is 0 Å². The topological polar surface area (TPSA) is 0 Å². The van der Waals surface area contributed by atoms with Crippen molar-refractivity contribution in [2.45, 2.75) is 105 Å². The molecule has 0 spiro atoms. The maximum Gasteiger partial charge on any atom is -0.0417 e. The summed E-state index contributed by atoms with van der Waals surface area (Å²) >= 11 is 0. The van der Waals surface area contributed by atoms with Crippen molar-refractivity contribution in [3.8, 4) is 0 Å².